The van der Waals surface area contributed by atoms with E-state index in [0.29, 0.717) is 19.3 Å². The summed E-state index contributed by atoms with van der Waals surface area (Å²) in [5.41, 5.74) is 4.28. The first kappa shape index (κ1) is 18.2. The van der Waals surface area contributed by atoms with Gasteiger partial charge in [0.15, 0.2) is 0 Å². The molecule has 3 N–H and O–H groups in total. The zero-order chi connectivity index (χ0) is 15.1. The van der Waals surface area contributed by atoms with Crippen molar-refractivity contribution in [1.82, 2.24) is 0 Å². The van der Waals surface area contributed by atoms with Gasteiger partial charge in [0.2, 0.25) is 5.79 Å². The number of amides is 1. The second-order valence-electron chi connectivity index (χ2n) is 4.64. The molecule has 0 aliphatic heterocycles. The Balaban J connectivity index is 4.38. The van der Waals surface area contributed by atoms with Crippen LogP contribution < -0.4 is 5.73 Å². The number of rotatable bonds is 9. The zero-order valence-corrected chi connectivity index (χ0v) is 12.7. The predicted molar refractivity (Wildman–Crippen MR) is 69.5 cm³/mol. The van der Waals surface area contributed by atoms with Crippen molar-refractivity contribution in [3.63, 3.8) is 0 Å². The molecule has 0 fully saturated rings. The van der Waals surface area contributed by atoms with Gasteiger partial charge in [-0.05, 0) is 20.3 Å². The lowest BCUT2D eigenvalue weighted by Crippen LogP contribution is -2.37. The summed E-state index contributed by atoms with van der Waals surface area (Å²) in [6.45, 7) is 7.18. The van der Waals surface area contributed by atoms with Crippen molar-refractivity contribution in [1.29, 1.82) is 0 Å². The van der Waals surface area contributed by atoms with Gasteiger partial charge in [-0.25, -0.2) is 4.79 Å². The van der Waals surface area contributed by atoms with E-state index in [0.717, 1.165) is 0 Å². The van der Waals surface area contributed by atoms with Crippen LogP contribution >= 0.6 is 8.25 Å². The smallest absolute Gasteiger partial charge is 0.443 e. The highest BCUT2D eigenvalue weighted by Crippen LogP contribution is 2.30. The maximum Gasteiger partial charge on any atom is 0.697 e. The first-order valence-electron chi connectivity index (χ1n) is 6.14. The Morgan fingerprint density at radius 2 is 1.89 bits per heavy atom. The quantitative estimate of drug-likeness (QED) is 0.499. The van der Waals surface area contributed by atoms with Crippen LogP contribution in [0.15, 0.2) is 0 Å². The van der Waals surface area contributed by atoms with E-state index in [-0.39, 0.29) is 6.61 Å². The fourth-order valence-electron chi connectivity index (χ4n) is 1.38. The molecule has 0 bridgehead atoms. The molecular formula is C11H23NO6P+. The van der Waals surface area contributed by atoms with Gasteiger partial charge in [-0.1, -0.05) is 18.4 Å². The molecule has 1 amide bonds. The molecule has 19 heavy (non-hydrogen) atoms. The van der Waals surface area contributed by atoms with Crippen molar-refractivity contribution < 1.29 is 28.3 Å². The average Bonchev–Trinajstić information content (AvgIpc) is 2.27. The molecule has 0 aliphatic rings. The molecule has 0 aromatic carbocycles. The highest BCUT2D eigenvalue weighted by molar-refractivity contribution is 7.32. The summed E-state index contributed by atoms with van der Waals surface area (Å²) >= 11 is 0. The van der Waals surface area contributed by atoms with E-state index in [1.807, 2.05) is 6.92 Å². The normalized spacial score (nSPS) is 18.3. The molecule has 0 radical (unpaired) electrons. The number of hydrogen-bond donors (Lipinski definition) is 2. The summed E-state index contributed by atoms with van der Waals surface area (Å²) in [5, 5.41) is 0. The molecule has 0 saturated carbocycles. The van der Waals surface area contributed by atoms with E-state index >= 15 is 0 Å². The first-order valence-corrected chi connectivity index (χ1v) is 7.27. The average molecular weight is 296 g/mol. The van der Waals surface area contributed by atoms with Gasteiger partial charge in [-0.3, -0.25) is 0 Å². The van der Waals surface area contributed by atoms with Crippen LogP contribution in [-0.2, 0) is 18.6 Å². The molecule has 112 valence electrons. The molecule has 3 atom stereocenters. The Morgan fingerprint density at radius 3 is 2.26 bits per heavy atom. The van der Waals surface area contributed by atoms with E-state index in [9.17, 15) is 9.36 Å². The number of carbonyl (C=O) groups excluding carboxylic acids is 1. The molecule has 0 aromatic heterocycles. The number of nitrogens with two attached hydrogens (primary N) is 1. The molecule has 7 nitrogen and oxygen atoms in total. The number of carbonyl (C=O) groups is 1. The summed E-state index contributed by atoms with van der Waals surface area (Å²) in [5.74, 6) is -1.14. The lowest BCUT2D eigenvalue weighted by atomic mass is 9.99. The van der Waals surface area contributed by atoms with Gasteiger partial charge in [0.05, 0.1) is 6.61 Å². The zero-order valence-electron chi connectivity index (χ0n) is 11.8. The van der Waals surface area contributed by atoms with Gasteiger partial charge in [0.1, 0.15) is 5.60 Å². The van der Waals surface area contributed by atoms with Crippen LogP contribution in [-0.4, -0.2) is 29.0 Å². The van der Waals surface area contributed by atoms with Crippen LogP contribution in [0.5, 0.6) is 0 Å². The summed E-state index contributed by atoms with van der Waals surface area (Å²) in [6, 6.07) is 0. The maximum absolute atomic E-state index is 10.8. The fraction of sp³-hybridized carbons (Fsp3) is 0.909. The van der Waals surface area contributed by atoms with Gasteiger partial charge in [-0.2, -0.15) is 0 Å². The van der Waals surface area contributed by atoms with Crippen molar-refractivity contribution in [2.75, 3.05) is 6.61 Å². The second kappa shape index (κ2) is 7.75. The van der Waals surface area contributed by atoms with Crippen LogP contribution in [0.2, 0.25) is 0 Å². The number of hydrogen-bond acceptors (Lipinski definition) is 5. The van der Waals surface area contributed by atoms with Crippen molar-refractivity contribution in [2.24, 2.45) is 5.73 Å². The Hall–Kier alpha value is -0.750. The Labute approximate surface area is 114 Å². The highest BCUT2D eigenvalue weighted by Gasteiger charge is 2.36. The lowest BCUT2D eigenvalue weighted by molar-refractivity contribution is -0.179. The predicted octanol–water partition coefficient (Wildman–Crippen LogP) is 2.45. The van der Waals surface area contributed by atoms with Crippen LogP contribution in [0.3, 0.4) is 0 Å². The van der Waals surface area contributed by atoms with Crippen LogP contribution in [0.25, 0.3) is 0 Å². The third kappa shape index (κ3) is 7.42. The van der Waals surface area contributed by atoms with Gasteiger partial charge >= 0.3 is 14.3 Å². The van der Waals surface area contributed by atoms with Gasteiger partial charge < -0.3 is 15.2 Å². The van der Waals surface area contributed by atoms with Crippen LogP contribution in [0.4, 0.5) is 4.79 Å². The summed E-state index contributed by atoms with van der Waals surface area (Å²) in [4.78, 5) is 19.6. The van der Waals surface area contributed by atoms with Crippen molar-refractivity contribution in [3.8, 4) is 0 Å². The minimum atomic E-state index is -2.74. The van der Waals surface area contributed by atoms with Gasteiger partial charge in [-0.15, -0.1) is 4.89 Å². The molecule has 0 heterocycles. The molecule has 0 saturated heterocycles. The summed E-state index contributed by atoms with van der Waals surface area (Å²) in [7, 11) is -2.74. The molecule has 0 aromatic rings. The third-order valence-corrected chi connectivity index (χ3v) is 3.59. The van der Waals surface area contributed by atoms with E-state index in [2.05, 4.69) is 0 Å². The Kier molecular flexibility index (Phi) is 7.44. The molecule has 8 heteroatoms. The van der Waals surface area contributed by atoms with E-state index < -0.39 is 25.7 Å². The fourth-order valence-corrected chi connectivity index (χ4v) is 1.90. The lowest BCUT2D eigenvalue weighted by Gasteiger charge is -2.29. The van der Waals surface area contributed by atoms with Crippen LogP contribution in [0.1, 0.15) is 47.0 Å². The van der Waals surface area contributed by atoms with Gasteiger partial charge in [0.25, 0.3) is 0 Å². The SMILES string of the molecule is CCC(C)(CCOC(C)(CC)O[P+](=O)O)OC(N)=O. The van der Waals surface area contributed by atoms with E-state index in [4.69, 9.17) is 24.6 Å². The van der Waals surface area contributed by atoms with Crippen molar-refractivity contribution in [3.05, 3.63) is 0 Å². The van der Waals surface area contributed by atoms with Gasteiger partial charge in [0, 0.05) is 17.4 Å². The Morgan fingerprint density at radius 1 is 1.32 bits per heavy atom. The number of primary amides is 1. The van der Waals surface area contributed by atoms with E-state index in [1.54, 1.807) is 20.8 Å². The minimum Gasteiger partial charge on any atom is -0.443 e. The maximum atomic E-state index is 10.8. The third-order valence-electron chi connectivity index (χ3n) is 3.05. The second-order valence-corrected chi connectivity index (χ2v) is 5.30. The topological polar surface area (TPSA) is 108 Å². The Bertz CT molecular complexity index is 296. The highest BCUT2D eigenvalue weighted by atomic mass is 31.1. The molecule has 0 aliphatic carbocycles. The van der Waals surface area contributed by atoms with Crippen molar-refractivity contribution >= 4 is 14.3 Å². The minimum absolute atomic E-state index is 0.213. The molecule has 0 spiro atoms. The molecular weight excluding hydrogens is 273 g/mol. The number of ether oxygens (including phenoxy) is 2. The van der Waals surface area contributed by atoms with Crippen LogP contribution in [0, 0.1) is 0 Å². The van der Waals surface area contributed by atoms with E-state index in [1.165, 1.54) is 0 Å². The largest absolute Gasteiger partial charge is 0.697 e. The monoisotopic (exact) mass is 296 g/mol. The molecule has 0 rings (SSSR count). The molecule has 3 unspecified atom stereocenters. The summed E-state index contributed by atoms with van der Waals surface area (Å²) in [6.07, 6.45) is 0.566. The first-order chi connectivity index (χ1) is 8.66. The van der Waals surface area contributed by atoms with Crippen molar-refractivity contribution in [2.45, 2.75) is 58.3 Å². The standard InChI is InChI=1S/C11H22NO6P/c1-5-10(3,17-9(12)13)7-8-16-11(4,6-2)18-19(14)15/h5-8H2,1-4H3,(H2-,12,13,14,15)/p+1. The summed E-state index contributed by atoms with van der Waals surface area (Å²) < 4.78 is 26.0.